The monoisotopic (exact) mass is 415 g/mol. The van der Waals surface area contributed by atoms with Crippen molar-refractivity contribution in [3.8, 4) is 5.75 Å². The smallest absolute Gasteiger partial charge is 0.333 e. The summed E-state index contributed by atoms with van der Waals surface area (Å²) in [5, 5.41) is 10.7. The molecule has 0 aromatic heterocycles. The number of carbonyl (C=O) groups is 1. The predicted molar refractivity (Wildman–Crippen MR) is 119 cm³/mol. The highest BCUT2D eigenvalue weighted by Gasteiger charge is 2.23. The topological polar surface area (TPSA) is 97.4 Å². The molecule has 7 heteroatoms. The van der Waals surface area contributed by atoms with E-state index in [9.17, 15) is 4.79 Å². The molecule has 156 valence electrons. The van der Waals surface area contributed by atoms with Gasteiger partial charge in [-0.2, -0.15) is 0 Å². The third kappa shape index (κ3) is 6.42. The van der Waals surface area contributed by atoms with Crippen molar-refractivity contribution in [3.05, 3.63) is 53.6 Å². The number of hydrogen-bond acceptors (Lipinski definition) is 6. The van der Waals surface area contributed by atoms with Gasteiger partial charge in [-0.05, 0) is 68.5 Å². The zero-order valence-corrected chi connectivity index (χ0v) is 18.1. The first-order valence-corrected chi connectivity index (χ1v) is 10.6. The van der Waals surface area contributed by atoms with Gasteiger partial charge in [0.05, 0.1) is 12.7 Å². The predicted octanol–water partition coefficient (Wildman–Crippen LogP) is 4.59. The summed E-state index contributed by atoms with van der Waals surface area (Å²) in [6, 6.07) is 12.2. The number of benzene rings is 2. The fourth-order valence-electron chi connectivity index (χ4n) is 2.74. The molecule has 4 N–H and O–H groups in total. The van der Waals surface area contributed by atoms with Crippen molar-refractivity contribution in [1.29, 1.82) is 5.41 Å². The summed E-state index contributed by atoms with van der Waals surface area (Å²) >= 11 is 1.67. The molecule has 0 heterocycles. The maximum Gasteiger partial charge on any atom is 0.333 e. The molecule has 1 unspecified atom stereocenters. The molecular formula is C22H29N3O3S. The van der Waals surface area contributed by atoms with Gasteiger partial charge in [0, 0.05) is 16.1 Å². The van der Waals surface area contributed by atoms with Crippen LogP contribution in [0.1, 0.15) is 44.9 Å². The molecule has 0 spiro atoms. The average molecular weight is 416 g/mol. The van der Waals surface area contributed by atoms with Crippen LogP contribution < -0.4 is 15.8 Å². The highest BCUT2D eigenvalue weighted by atomic mass is 32.2. The molecule has 0 saturated carbocycles. The summed E-state index contributed by atoms with van der Waals surface area (Å²) in [6.07, 6.45) is 0.0656. The lowest BCUT2D eigenvalue weighted by Crippen LogP contribution is -2.23. The van der Waals surface area contributed by atoms with Gasteiger partial charge >= 0.3 is 5.97 Å². The Morgan fingerprint density at radius 1 is 1.17 bits per heavy atom. The number of nitrogens with two attached hydrogens (primary N) is 1. The van der Waals surface area contributed by atoms with Crippen LogP contribution in [-0.4, -0.2) is 30.3 Å². The molecular weight excluding hydrogens is 386 g/mol. The summed E-state index contributed by atoms with van der Waals surface area (Å²) in [5.74, 6) is 1.35. The van der Waals surface area contributed by atoms with Crippen LogP contribution in [0.3, 0.4) is 0 Å². The summed E-state index contributed by atoms with van der Waals surface area (Å²) in [7, 11) is 0. The Hall–Kier alpha value is -2.67. The first-order valence-electron chi connectivity index (χ1n) is 9.66. The molecule has 0 aliphatic carbocycles. The van der Waals surface area contributed by atoms with Gasteiger partial charge in [-0.1, -0.05) is 13.0 Å². The second-order valence-electron chi connectivity index (χ2n) is 6.63. The highest BCUT2D eigenvalue weighted by molar-refractivity contribution is 7.99. The zero-order chi connectivity index (χ0) is 21.4. The van der Waals surface area contributed by atoms with Crippen LogP contribution in [0, 0.1) is 5.41 Å². The van der Waals surface area contributed by atoms with Crippen LogP contribution >= 0.6 is 11.8 Å². The second kappa shape index (κ2) is 10.8. The number of rotatable bonds is 10. The number of thioether (sulfide) groups is 1. The van der Waals surface area contributed by atoms with Crippen molar-refractivity contribution in [1.82, 2.24) is 0 Å². The molecule has 0 bridgehead atoms. The Bertz CT molecular complexity index is 838. The van der Waals surface area contributed by atoms with E-state index in [0.717, 1.165) is 27.6 Å². The minimum absolute atomic E-state index is 0.000432. The lowest BCUT2D eigenvalue weighted by atomic mass is 10.1. The standard InChI is InChI=1S/C22H29N3O3S/c1-5-27-22(26)20(25-17-10-7-15(8-11-17)21(23)24)16-9-12-18(28-14(3)4)19(13-16)29-6-2/h7-14,20,25H,5-6H2,1-4H3,(H3,23,24). The third-order valence-electron chi connectivity index (χ3n) is 3.99. The van der Waals surface area contributed by atoms with Crippen molar-refractivity contribution in [3.63, 3.8) is 0 Å². The lowest BCUT2D eigenvalue weighted by Gasteiger charge is -2.21. The molecule has 0 fully saturated rings. The highest BCUT2D eigenvalue weighted by Crippen LogP contribution is 2.34. The number of ether oxygens (including phenoxy) is 2. The molecule has 2 aromatic rings. The minimum Gasteiger partial charge on any atom is -0.490 e. The summed E-state index contributed by atoms with van der Waals surface area (Å²) in [6.45, 7) is 8.14. The number of hydrogen-bond donors (Lipinski definition) is 3. The Labute approximate surface area is 176 Å². The van der Waals surface area contributed by atoms with E-state index >= 15 is 0 Å². The molecule has 2 rings (SSSR count). The summed E-state index contributed by atoms with van der Waals surface area (Å²) < 4.78 is 11.2. The molecule has 2 aromatic carbocycles. The van der Waals surface area contributed by atoms with E-state index in [0.29, 0.717) is 12.2 Å². The zero-order valence-electron chi connectivity index (χ0n) is 17.3. The van der Waals surface area contributed by atoms with Crippen molar-refractivity contribution < 1.29 is 14.3 Å². The Morgan fingerprint density at radius 3 is 2.41 bits per heavy atom. The van der Waals surface area contributed by atoms with Gasteiger partial charge < -0.3 is 20.5 Å². The lowest BCUT2D eigenvalue weighted by molar-refractivity contribution is -0.144. The van der Waals surface area contributed by atoms with Crippen molar-refractivity contribution in [2.45, 2.75) is 44.7 Å². The van der Waals surface area contributed by atoms with E-state index in [4.69, 9.17) is 20.6 Å². The molecule has 29 heavy (non-hydrogen) atoms. The van der Waals surface area contributed by atoms with Gasteiger partial charge in [0.2, 0.25) is 0 Å². The molecule has 0 amide bonds. The maximum atomic E-state index is 12.7. The average Bonchev–Trinajstić information content (AvgIpc) is 2.68. The fourth-order valence-corrected chi connectivity index (χ4v) is 3.53. The van der Waals surface area contributed by atoms with Crippen LogP contribution in [0.2, 0.25) is 0 Å². The van der Waals surface area contributed by atoms with Gasteiger partial charge in [0.25, 0.3) is 0 Å². The number of nitrogen functional groups attached to an aromatic ring is 1. The van der Waals surface area contributed by atoms with Crippen LogP contribution in [0.15, 0.2) is 47.4 Å². The second-order valence-corrected chi connectivity index (χ2v) is 7.93. The first kappa shape index (κ1) is 22.6. The molecule has 1 atom stereocenters. The van der Waals surface area contributed by atoms with Gasteiger partial charge in [0.1, 0.15) is 11.6 Å². The Morgan fingerprint density at radius 2 is 1.86 bits per heavy atom. The number of anilines is 1. The van der Waals surface area contributed by atoms with Crippen LogP contribution in [0.25, 0.3) is 0 Å². The number of amidine groups is 1. The van der Waals surface area contributed by atoms with Gasteiger partial charge in [0.15, 0.2) is 6.04 Å². The van der Waals surface area contributed by atoms with E-state index in [1.54, 1.807) is 43.0 Å². The van der Waals surface area contributed by atoms with Crippen LogP contribution in [-0.2, 0) is 9.53 Å². The quantitative estimate of drug-likeness (QED) is 0.227. The minimum atomic E-state index is -0.664. The van der Waals surface area contributed by atoms with E-state index in [1.165, 1.54) is 0 Å². The van der Waals surface area contributed by atoms with Gasteiger partial charge in [-0.15, -0.1) is 11.8 Å². The van der Waals surface area contributed by atoms with Gasteiger partial charge in [-0.3, -0.25) is 5.41 Å². The van der Waals surface area contributed by atoms with E-state index in [2.05, 4.69) is 12.2 Å². The Kier molecular flexibility index (Phi) is 8.39. The van der Waals surface area contributed by atoms with Crippen molar-refractivity contribution in [2.24, 2.45) is 5.73 Å². The van der Waals surface area contributed by atoms with E-state index < -0.39 is 6.04 Å². The van der Waals surface area contributed by atoms with Crippen LogP contribution in [0.4, 0.5) is 5.69 Å². The molecule has 0 radical (unpaired) electrons. The fraction of sp³-hybridized carbons (Fsp3) is 0.364. The number of esters is 1. The SMILES string of the molecule is CCOC(=O)C(Nc1ccc(C(=N)N)cc1)c1ccc(OC(C)C)c(SCC)c1. The summed E-state index contributed by atoms with van der Waals surface area (Å²) in [4.78, 5) is 13.7. The van der Waals surface area contributed by atoms with Crippen LogP contribution in [0.5, 0.6) is 5.75 Å². The van der Waals surface area contributed by atoms with Gasteiger partial charge in [-0.25, -0.2) is 4.79 Å². The first-order chi connectivity index (χ1) is 13.8. The third-order valence-corrected chi connectivity index (χ3v) is 4.91. The summed E-state index contributed by atoms with van der Waals surface area (Å²) in [5.41, 5.74) is 7.67. The van der Waals surface area contributed by atoms with E-state index in [1.807, 2.05) is 32.0 Å². The van der Waals surface area contributed by atoms with Crippen molar-refractivity contribution >= 4 is 29.3 Å². The largest absolute Gasteiger partial charge is 0.490 e. The number of carbonyl (C=O) groups excluding carboxylic acids is 1. The van der Waals surface area contributed by atoms with Crippen molar-refractivity contribution in [2.75, 3.05) is 17.7 Å². The normalized spacial score (nSPS) is 11.8. The maximum absolute atomic E-state index is 12.7. The molecule has 6 nitrogen and oxygen atoms in total. The molecule has 0 aliphatic rings. The molecule has 0 aliphatic heterocycles. The van der Waals surface area contributed by atoms with E-state index in [-0.39, 0.29) is 17.9 Å². The number of nitrogens with one attached hydrogen (secondary N) is 2. The molecule has 0 saturated heterocycles. The Balaban J connectivity index is 2.37.